The van der Waals surface area contributed by atoms with E-state index in [0.29, 0.717) is 26.3 Å². The van der Waals surface area contributed by atoms with Crippen molar-refractivity contribution < 1.29 is 13.9 Å². The Hall–Kier alpha value is -1.59. The highest BCUT2D eigenvalue weighted by Gasteiger charge is 2.10. The average Bonchev–Trinajstić information content (AvgIpc) is 2.40. The fraction of sp³-hybridized carbons (Fsp3) is 0.0714. The van der Waals surface area contributed by atoms with Crippen molar-refractivity contribution in [1.29, 1.82) is 0 Å². The lowest BCUT2D eigenvalue weighted by molar-refractivity contribution is 0.0472. The van der Waals surface area contributed by atoms with Gasteiger partial charge in [-0.25, -0.2) is 9.18 Å². The van der Waals surface area contributed by atoms with Crippen molar-refractivity contribution in [3.63, 3.8) is 0 Å². The number of hydrogen-bond donors (Lipinski definition) is 1. The molecule has 2 aromatic rings. The number of nitrogen functional groups attached to an aromatic ring is 1. The molecule has 0 aliphatic rings. The Kier molecular flexibility index (Phi) is 4.62. The van der Waals surface area contributed by atoms with Crippen LogP contribution in [0.15, 0.2) is 40.9 Å². The first-order chi connectivity index (χ1) is 9.47. The van der Waals surface area contributed by atoms with Crippen LogP contribution in [0.3, 0.4) is 0 Å². The Bertz CT molecular complexity index is 664. The van der Waals surface area contributed by atoms with Crippen molar-refractivity contribution >= 4 is 39.2 Å². The van der Waals surface area contributed by atoms with E-state index in [1.807, 2.05) is 0 Å². The predicted octanol–water partition coefficient (Wildman–Crippen LogP) is 4.18. The Morgan fingerprint density at radius 2 is 2.05 bits per heavy atom. The van der Waals surface area contributed by atoms with Gasteiger partial charge >= 0.3 is 5.97 Å². The molecule has 0 spiro atoms. The molecule has 104 valence electrons. The summed E-state index contributed by atoms with van der Waals surface area (Å²) in [6.45, 7) is 0.0300. The van der Waals surface area contributed by atoms with Gasteiger partial charge in [0.1, 0.15) is 12.4 Å². The van der Waals surface area contributed by atoms with Crippen LogP contribution < -0.4 is 5.73 Å². The van der Waals surface area contributed by atoms with Crippen LogP contribution in [0.2, 0.25) is 5.02 Å². The molecule has 0 bridgehead atoms. The minimum atomic E-state index is -0.524. The number of esters is 1. The second kappa shape index (κ2) is 6.24. The molecular weight excluding hydrogens is 349 g/mol. The second-order valence-corrected chi connectivity index (χ2v) is 5.31. The molecule has 0 amide bonds. The zero-order valence-electron chi connectivity index (χ0n) is 10.2. The van der Waals surface area contributed by atoms with E-state index >= 15 is 0 Å². The van der Waals surface area contributed by atoms with Crippen LogP contribution in [0.25, 0.3) is 0 Å². The zero-order chi connectivity index (χ0) is 14.7. The first kappa shape index (κ1) is 14.8. The standard InChI is InChI=1S/C14H10BrClFNO2/c15-11-6-10(17)3-1-9(11)7-20-14(19)8-2-4-12(16)13(18)5-8/h1-6H,7,18H2. The van der Waals surface area contributed by atoms with Crippen LogP contribution in [0, 0.1) is 5.82 Å². The van der Waals surface area contributed by atoms with E-state index in [-0.39, 0.29) is 12.4 Å². The highest BCUT2D eigenvalue weighted by atomic mass is 79.9. The van der Waals surface area contributed by atoms with Gasteiger partial charge in [-0.05, 0) is 30.3 Å². The van der Waals surface area contributed by atoms with Crippen LogP contribution in [-0.2, 0) is 11.3 Å². The van der Waals surface area contributed by atoms with E-state index in [2.05, 4.69) is 15.9 Å². The lowest BCUT2D eigenvalue weighted by Gasteiger charge is -2.08. The van der Waals surface area contributed by atoms with Gasteiger partial charge in [0.25, 0.3) is 0 Å². The third kappa shape index (κ3) is 3.49. The second-order valence-electron chi connectivity index (χ2n) is 4.05. The molecule has 0 radical (unpaired) electrons. The zero-order valence-corrected chi connectivity index (χ0v) is 12.5. The molecule has 20 heavy (non-hydrogen) atoms. The number of benzene rings is 2. The largest absolute Gasteiger partial charge is 0.457 e. The van der Waals surface area contributed by atoms with Crippen LogP contribution in [0.5, 0.6) is 0 Å². The molecule has 0 aliphatic heterocycles. The maximum atomic E-state index is 12.9. The van der Waals surface area contributed by atoms with Crippen LogP contribution in [0.4, 0.5) is 10.1 Å². The van der Waals surface area contributed by atoms with Gasteiger partial charge in [0.15, 0.2) is 0 Å². The maximum absolute atomic E-state index is 12.9. The molecule has 3 nitrogen and oxygen atoms in total. The SMILES string of the molecule is Nc1cc(C(=O)OCc2ccc(F)cc2Br)ccc1Cl. The number of ether oxygens (including phenoxy) is 1. The normalized spacial score (nSPS) is 10.3. The monoisotopic (exact) mass is 357 g/mol. The Morgan fingerprint density at radius 1 is 1.30 bits per heavy atom. The maximum Gasteiger partial charge on any atom is 0.338 e. The van der Waals surface area contributed by atoms with E-state index in [4.69, 9.17) is 22.1 Å². The van der Waals surface area contributed by atoms with Crippen molar-refractivity contribution in [2.24, 2.45) is 0 Å². The molecule has 2 aromatic carbocycles. The number of hydrogen-bond acceptors (Lipinski definition) is 3. The van der Waals surface area contributed by atoms with E-state index in [1.165, 1.54) is 30.3 Å². The molecule has 0 fully saturated rings. The minimum Gasteiger partial charge on any atom is -0.457 e. The quantitative estimate of drug-likeness (QED) is 0.661. The van der Waals surface area contributed by atoms with Crippen molar-refractivity contribution in [3.8, 4) is 0 Å². The molecule has 0 aliphatic carbocycles. The number of carbonyl (C=O) groups is 1. The molecular formula is C14H10BrClFNO2. The molecule has 0 saturated heterocycles. The molecule has 6 heteroatoms. The van der Waals surface area contributed by atoms with Crippen LogP contribution in [0.1, 0.15) is 15.9 Å². The molecule has 0 unspecified atom stereocenters. The van der Waals surface area contributed by atoms with Gasteiger partial charge in [-0.15, -0.1) is 0 Å². The highest BCUT2D eigenvalue weighted by molar-refractivity contribution is 9.10. The van der Waals surface area contributed by atoms with Crippen molar-refractivity contribution in [1.82, 2.24) is 0 Å². The average molecular weight is 359 g/mol. The van der Waals surface area contributed by atoms with Crippen molar-refractivity contribution in [3.05, 3.63) is 62.8 Å². The number of nitrogens with two attached hydrogens (primary N) is 1. The number of halogens is 3. The number of carbonyl (C=O) groups excluding carboxylic acids is 1. The Morgan fingerprint density at radius 3 is 2.70 bits per heavy atom. The van der Waals surface area contributed by atoms with Crippen LogP contribution >= 0.6 is 27.5 Å². The summed E-state index contributed by atoms with van der Waals surface area (Å²) < 4.78 is 18.6. The summed E-state index contributed by atoms with van der Waals surface area (Å²) in [5, 5.41) is 0.378. The van der Waals surface area contributed by atoms with Gasteiger partial charge in [0, 0.05) is 10.0 Å². The summed E-state index contributed by atoms with van der Waals surface area (Å²) >= 11 is 8.98. The summed E-state index contributed by atoms with van der Waals surface area (Å²) in [7, 11) is 0. The van der Waals surface area contributed by atoms with E-state index in [1.54, 1.807) is 6.07 Å². The number of rotatable bonds is 3. The van der Waals surface area contributed by atoms with E-state index in [0.717, 1.165) is 0 Å². The fourth-order valence-corrected chi connectivity index (χ4v) is 2.12. The summed E-state index contributed by atoms with van der Waals surface area (Å²) in [5.41, 5.74) is 6.91. The molecule has 2 rings (SSSR count). The van der Waals surface area contributed by atoms with Crippen molar-refractivity contribution in [2.45, 2.75) is 6.61 Å². The fourth-order valence-electron chi connectivity index (χ4n) is 1.54. The van der Waals surface area contributed by atoms with Gasteiger partial charge in [-0.3, -0.25) is 0 Å². The molecule has 0 aromatic heterocycles. The van der Waals surface area contributed by atoms with Gasteiger partial charge in [0.2, 0.25) is 0 Å². The first-order valence-electron chi connectivity index (χ1n) is 5.63. The molecule has 2 N–H and O–H groups in total. The third-order valence-electron chi connectivity index (χ3n) is 2.61. The summed E-state index contributed by atoms with van der Waals surface area (Å²) in [5.74, 6) is -0.887. The van der Waals surface area contributed by atoms with Gasteiger partial charge in [-0.2, -0.15) is 0 Å². The van der Waals surface area contributed by atoms with Gasteiger partial charge < -0.3 is 10.5 Å². The summed E-state index contributed by atoms with van der Waals surface area (Å²) in [4.78, 5) is 11.8. The third-order valence-corrected chi connectivity index (χ3v) is 3.69. The first-order valence-corrected chi connectivity index (χ1v) is 6.80. The van der Waals surface area contributed by atoms with Gasteiger partial charge in [0.05, 0.1) is 16.3 Å². The molecule has 0 saturated carbocycles. The van der Waals surface area contributed by atoms with E-state index in [9.17, 15) is 9.18 Å². The number of anilines is 1. The van der Waals surface area contributed by atoms with Gasteiger partial charge in [-0.1, -0.05) is 33.6 Å². The lowest BCUT2D eigenvalue weighted by Crippen LogP contribution is -2.06. The Balaban J connectivity index is 2.06. The molecule has 0 heterocycles. The van der Waals surface area contributed by atoms with Crippen LogP contribution in [-0.4, -0.2) is 5.97 Å². The van der Waals surface area contributed by atoms with E-state index < -0.39 is 5.97 Å². The highest BCUT2D eigenvalue weighted by Crippen LogP contribution is 2.22. The Labute approximate surface area is 128 Å². The van der Waals surface area contributed by atoms with Crippen molar-refractivity contribution in [2.75, 3.05) is 5.73 Å². The summed E-state index contributed by atoms with van der Waals surface area (Å²) in [6.07, 6.45) is 0. The summed E-state index contributed by atoms with van der Waals surface area (Å²) in [6, 6.07) is 8.66. The minimum absolute atomic E-state index is 0.0300. The topological polar surface area (TPSA) is 52.3 Å². The smallest absolute Gasteiger partial charge is 0.338 e. The lowest BCUT2D eigenvalue weighted by atomic mass is 10.2. The molecule has 0 atom stereocenters. The predicted molar refractivity (Wildman–Crippen MR) is 79.1 cm³/mol.